The first-order chi connectivity index (χ1) is 8.89. The molecule has 0 aromatic carbocycles. The summed E-state index contributed by atoms with van der Waals surface area (Å²) in [5.41, 5.74) is -2.32. The molecule has 1 rings (SSSR count). The molecular weight excluding hydrogens is 261 g/mol. The molecule has 0 aromatic rings. The van der Waals surface area contributed by atoms with Crippen LogP contribution in [0, 0.1) is 5.41 Å². The summed E-state index contributed by atoms with van der Waals surface area (Å²) in [4.78, 5) is 13.4. The third-order valence-electron chi connectivity index (χ3n) is 3.31. The van der Waals surface area contributed by atoms with Crippen molar-refractivity contribution in [1.82, 2.24) is 10.2 Å². The zero-order valence-electron chi connectivity index (χ0n) is 10.9. The number of halogens is 3. The predicted octanol–water partition coefficient (Wildman–Crippen LogP) is 1.19. The van der Waals surface area contributed by atoms with Crippen LogP contribution in [0.2, 0.25) is 0 Å². The van der Waals surface area contributed by atoms with Crippen molar-refractivity contribution in [2.45, 2.75) is 12.6 Å². The molecule has 1 atom stereocenters. The lowest BCUT2D eigenvalue weighted by Crippen LogP contribution is -2.54. The minimum Gasteiger partial charge on any atom is -0.383 e. The molecule has 0 saturated carbocycles. The Morgan fingerprint density at radius 2 is 2.26 bits per heavy atom. The lowest BCUT2D eigenvalue weighted by Gasteiger charge is -2.34. The molecule has 19 heavy (non-hydrogen) atoms. The van der Waals surface area contributed by atoms with E-state index in [-0.39, 0.29) is 39.2 Å². The number of rotatable bonds is 6. The lowest BCUT2D eigenvalue weighted by atomic mass is 9.84. The fourth-order valence-electron chi connectivity index (χ4n) is 2.17. The Labute approximate surface area is 110 Å². The molecule has 1 heterocycles. The predicted molar refractivity (Wildman–Crippen MR) is 64.6 cm³/mol. The van der Waals surface area contributed by atoms with Gasteiger partial charge in [0, 0.05) is 26.7 Å². The first kappa shape index (κ1) is 16.0. The highest BCUT2D eigenvalue weighted by molar-refractivity contribution is 5.84. The van der Waals surface area contributed by atoms with Crippen molar-refractivity contribution in [3.63, 3.8) is 0 Å². The highest BCUT2D eigenvalue weighted by Crippen LogP contribution is 2.44. The number of ether oxygens (including phenoxy) is 1. The monoisotopic (exact) mass is 280 g/mol. The fraction of sp³-hybridized carbons (Fsp3) is 0.750. The molecule has 1 aliphatic rings. The van der Waals surface area contributed by atoms with E-state index < -0.39 is 17.5 Å². The first-order valence-corrected chi connectivity index (χ1v) is 6.05. The second kappa shape index (κ2) is 6.38. The average Bonchev–Trinajstić information content (AvgIpc) is 2.83. The van der Waals surface area contributed by atoms with E-state index in [2.05, 4.69) is 11.9 Å². The van der Waals surface area contributed by atoms with Crippen molar-refractivity contribution >= 4 is 5.91 Å². The second-order valence-corrected chi connectivity index (χ2v) is 4.54. The van der Waals surface area contributed by atoms with Crippen LogP contribution in [0.1, 0.15) is 6.42 Å². The summed E-state index contributed by atoms with van der Waals surface area (Å²) in [5.74, 6) is -0.901. The Kier molecular flexibility index (Phi) is 5.37. The van der Waals surface area contributed by atoms with Gasteiger partial charge in [0.1, 0.15) is 0 Å². The van der Waals surface area contributed by atoms with Gasteiger partial charge in [0.15, 0.2) is 5.41 Å². The molecule has 110 valence electrons. The van der Waals surface area contributed by atoms with Crippen LogP contribution in [0.4, 0.5) is 13.2 Å². The summed E-state index contributed by atoms with van der Waals surface area (Å²) in [6, 6.07) is 0. The molecule has 0 aromatic heterocycles. The maximum atomic E-state index is 13.2. The van der Waals surface area contributed by atoms with Gasteiger partial charge in [-0.25, -0.2) is 0 Å². The van der Waals surface area contributed by atoms with Gasteiger partial charge in [-0.1, -0.05) is 6.08 Å². The summed E-state index contributed by atoms with van der Waals surface area (Å²) < 4.78 is 44.6. The summed E-state index contributed by atoms with van der Waals surface area (Å²) in [7, 11) is 1.44. The smallest absolute Gasteiger partial charge is 0.383 e. The standard InChI is InChI=1S/C12H19F3N2O2/c1-3-6-17(7-8-19-2)10(18)11(12(13,14)15)4-5-16-9-11/h3,16H,1,4-9H2,2H3. The number of methoxy groups -OCH3 is 1. The number of alkyl halides is 3. The number of hydrogen-bond donors (Lipinski definition) is 1. The summed E-state index contributed by atoms with van der Waals surface area (Å²) >= 11 is 0. The van der Waals surface area contributed by atoms with Crippen LogP contribution in [-0.2, 0) is 9.53 Å². The fourth-order valence-corrected chi connectivity index (χ4v) is 2.17. The Morgan fingerprint density at radius 1 is 1.58 bits per heavy atom. The van der Waals surface area contributed by atoms with E-state index in [1.165, 1.54) is 13.2 Å². The molecule has 7 heteroatoms. The molecule has 1 unspecified atom stereocenters. The Hall–Kier alpha value is -1.08. The lowest BCUT2D eigenvalue weighted by molar-refractivity contribution is -0.221. The van der Waals surface area contributed by atoms with E-state index in [9.17, 15) is 18.0 Å². The number of amides is 1. The van der Waals surface area contributed by atoms with Gasteiger partial charge in [-0.2, -0.15) is 13.2 Å². The normalized spacial score (nSPS) is 23.4. The number of nitrogens with zero attached hydrogens (tertiary/aromatic N) is 1. The van der Waals surface area contributed by atoms with Crippen LogP contribution in [0.25, 0.3) is 0 Å². The topological polar surface area (TPSA) is 41.6 Å². The molecule has 1 amide bonds. The number of carbonyl (C=O) groups is 1. The second-order valence-electron chi connectivity index (χ2n) is 4.54. The van der Waals surface area contributed by atoms with E-state index in [0.717, 1.165) is 4.90 Å². The largest absolute Gasteiger partial charge is 0.404 e. The van der Waals surface area contributed by atoms with Crippen LogP contribution in [-0.4, -0.2) is 56.9 Å². The summed E-state index contributed by atoms with van der Waals surface area (Å²) in [5, 5.41) is 2.63. The number of hydrogen-bond acceptors (Lipinski definition) is 3. The molecule has 0 radical (unpaired) electrons. The van der Waals surface area contributed by atoms with Gasteiger partial charge in [-0.05, 0) is 13.0 Å². The Bertz CT molecular complexity index is 325. The zero-order valence-corrected chi connectivity index (χ0v) is 10.9. The van der Waals surface area contributed by atoms with Crippen molar-refractivity contribution in [3.8, 4) is 0 Å². The molecule has 1 fully saturated rings. The van der Waals surface area contributed by atoms with Crippen molar-refractivity contribution < 1.29 is 22.7 Å². The van der Waals surface area contributed by atoms with Gasteiger partial charge >= 0.3 is 6.18 Å². The summed E-state index contributed by atoms with van der Waals surface area (Å²) in [6.07, 6.45) is -3.37. The Morgan fingerprint density at radius 3 is 2.68 bits per heavy atom. The highest BCUT2D eigenvalue weighted by atomic mass is 19.4. The van der Waals surface area contributed by atoms with Crippen molar-refractivity contribution in [2.24, 2.45) is 5.41 Å². The number of nitrogens with one attached hydrogen (secondary N) is 1. The number of carbonyl (C=O) groups excluding carboxylic acids is 1. The van der Waals surface area contributed by atoms with Gasteiger partial charge in [0.2, 0.25) is 5.91 Å². The maximum absolute atomic E-state index is 13.2. The SMILES string of the molecule is C=CCN(CCOC)C(=O)C1(C(F)(F)F)CCNC1. The third-order valence-corrected chi connectivity index (χ3v) is 3.31. The van der Waals surface area contributed by atoms with E-state index in [1.54, 1.807) is 0 Å². The molecular formula is C12H19F3N2O2. The van der Waals surface area contributed by atoms with Crippen LogP contribution in [0.15, 0.2) is 12.7 Å². The van der Waals surface area contributed by atoms with E-state index in [0.29, 0.717) is 0 Å². The highest BCUT2D eigenvalue weighted by Gasteiger charge is 2.62. The minimum absolute atomic E-state index is 0.0834. The van der Waals surface area contributed by atoms with Crippen LogP contribution in [0.3, 0.4) is 0 Å². The van der Waals surface area contributed by atoms with Gasteiger partial charge in [0.05, 0.1) is 6.61 Å². The average molecular weight is 280 g/mol. The van der Waals surface area contributed by atoms with Gasteiger partial charge in [0.25, 0.3) is 0 Å². The molecule has 1 saturated heterocycles. The molecule has 0 spiro atoms. The van der Waals surface area contributed by atoms with Crippen LogP contribution < -0.4 is 5.32 Å². The molecule has 0 aliphatic carbocycles. The summed E-state index contributed by atoms with van der Waals surface area (Å²) in [6.45, 7) is 3.70. The maximum Gasteiger partial charge on any atom is 0.404 e. The molecule has 1 N–H and O–H groups in total. The van der Waals surface area contributed by atoms with Gasteiger partial charge in [-0.15, -0.1) is 6.58 Å². The molecule has 4 nitrogen and oxygen atoms in total. The zero-order chi connectivity index (χ0) is 14.5. The third kappa shape index (κ3) is 3.27. The van der Waals surface area contributed by atoms with Crippen molar-refractivity contribution in [3.05, 3.63) is 12.7 Å². The van der Waals surface area contributed by atoms with E-state index >= 15 is 0 Å². The van der Waals surface area contributed by atoms with Crippen molar-refractivity contribution in [1.29, 1.82) is 0 Å². The quantitative estimate of drug-likeness (QED) is 0.743. The van der Waals surface area contributed by atoms with Crippen molar-refractivity contribution in [2.75, 3.05) is 39.9 Å². The van der Waals surface area contributed by atoms with Gasteiger partial charge in [-0.3, -0.25) is 4.79 Å². The molecule has 1 aliphatic heterocycles. The minimum atomic E-state index is -4.56. The van der Waals surface area contributed by atoms with Gasteiger partial charge < -0.3 is 15.0 Å². The van der Waals surface area contributed by atoms with Crippen LogP contribution >= 0.6 is 0 Å². The van der Waals surface area contributed by atoms with E-state index in [4.69, 9.17) is 4.74 Å². The Balaban J connectivity index is 2.93. The van der Waals surface area contributed by atoms with E-state index in [1.807, 2.05) is 0 Å². The first-order valence-electron chi connectivity index (χ1n) is 6.05. The van der Waals surface area contributed by atoms with Crippen LogP contribution in [0.5, 0.6) is 0 Å². The molecule has 0 bridgehead atoms.